The van der Waals surface area contributed by atoms with Crippen molar-refractivity contribution in [3.63, 3.8) is 0 Å². The molecule has 0 heterocycles. The van der Waals surface area contributed by atoms with Crippen LogP contribution in [0.1, 0.15) is 22.8 Å². The lowest BCUT2D eigenvalue weighted by Crippen LogP contribution is -2.30. The van der Waals surface area contributed by atoms with Crippen LogP contribution in [-0.4, -0.2) is 44.8 Å². The van der Waals surface area contributed by atoms with Crippen LogP contribution in [0.4, 0.5) is 5.69 Å². The van der Waals surface area contributed by atoms with Gasteiger partial charge in [-0.2, -0.15) is 0 Å². The monoisotopic (exact) mass is 390 g/mol. The summed E-state index contributed by atoms with van der Waals surface area (Å²) in [6.07, 6.45) is -1.05. The summed E-state index contributed by atoms with van der Waals surface area (Å²) in [5.74, 6) is -1.26. The summed E-state index contributed by atoms with van der Waals surface area (Å²) >= 11 is 0. The van der Waals surface area contributed by atoms with Crippen molar-refractivity contribution in [1.29, 1.82) is 0 Å². The molecule has 0 aliphatic heterocycles. The van der Waals surface area contributed by atoms with Gasteiger partial charge in [-0.1, -0.05) is 23.8 Å². The van der Waals surface area contributed by atoms with Crippen molar-refractivity contribution < 1.29 is 22.7 Å². The Balaban J connectivity index is 2.08. The number of esters is 1. The van der Waals surface area contributed by atoms with Gasteiger partial charge in [-0.05, 0) is 44.2 Å². The van der Waals surface area contributed by atoms with Gasteiger partial charge in [0.05, 0.1) is 10.5 Å². The second-order valence-corrected chi connectivity index (χ2v) is 8.37. The molecule has 2 rings (SSSR count). The van der Waals surface area contributed by atoms with Crippen molar-refractivity contribution in [2.24, 2.45) is 0 Å². The summed E-state index contributed by atoms with van der Waals surface area (Å²) in [4.78, 5) is 24.5. The van der Waals surface area contributed by atoms with Gasteiger partial charge in [0.25, 0.3) is 5.91 Å². The van der Waals surface area contributed by atoms with E-state index in [4.69, 9.17) is 4.74 Å². The fourth-order valence-electron chi connectivity index (χ4n) is 2.16. The molecule has 27 heavy (non-hydrogen) atoms. The van der Waals surface area contributed by atoms with Gasteiger partial charge in [-0.15, -0.1) is 0 Å². The fourth-order valence-corrected chi connectivity index (χ4v) is 3.11. The second kappa shape index (κ2) is 8.32. The van der Waals surface area contributed by atoms with Gasteiger partial charge in [0.1, 0.15) is 0 Å². The largest absolute Gasteiger partial charge is 0.449 e. The number of carbonyl (C=O) groups is 2. The van der Waals surface area contributed by atoms with Crippen molar-refractivity contribution in [1.82, 2.24) is 4.31 Å². The number of sulfonamides is 1. The van der Waals surface area contributed by atoms with E-state index in [1.807, 2.05) is 19.1 Å². The number of hydrogen-bond acceptors (Lipinski definition) is 5. The van der Waals surface area contributed by atoms with Crippen molar-refractivity contribution in [2.45, 2.75) is 24.8 Å². The molecule has 0 aliphatic rings. The molecule has 0 aromatic heterocycles. The van der Waals surface area contributed by atoms with Gasteiger partial charge in [0.2, 0.25) is 10.0 Å². The van der Waals surface area contributed by atoms with Crippen LogP contribution in [-0.2, 0) is 19.6 Å². The molecule has 144 valence electrons. The number of nitrogens with zero attached hydrogens (tertiary/aromatic N) is 1. The zero-order chi connectivity index (χ0) is 20.2. The first-order valence-corrected chi connectivity index (χ1v) is 9.66. The van der Waals surface area contributed by atoms with E-state index < -0.39 is 28.0 Å². The second-order valence-electron chi connectivity index (χ2n) is 6.22. The molecule has 8 heteroatoms. The summed E-state index contributed by atoms with van der Waals surface area (Å²) in [5.41, 5.74) is 1.69. The van der Waals surface area contributed by atoms with Gasteiger partial charge in [0.15, 0.2) is 6.10 Å². The van der Waals surface area contributed by atoms with Gasteiger partial charge in [-0.3, -0.25) is 4.79 Å². The lowest BCUT2D eigenvalue weighted by molar-refractivity contribution is -0.123. The number of ether oxygens (including phenoxy) is 1. The Morgan fingerprint density at radius 1 is 1.07 bits per heavy atom. The molecule has 7 nitrogen and oxygen atoms in total. The Bertz CT molecular complexity index is 937. The summed E-state index contributed by atoms with van der Waals surface area (Å²) in [5, 5.41) is 2.66. The minimum Gasteiger partial charge on any atom is -0.449 e. The molecule has 0 unspecified atom stereocenters. The molecule has 0 aliphatic carbocycles. The predicted octanol–water partition coefficient (Wildman–Crippen LogP) is 2.43. The van der Waals surface area contributed by atoms with Crippen LogP contribution in [0, 0.1) is 6.92 Å². The topological polar surface area (TPSA) is 92.8 Å². The number of hydrogen-bond donors (Lipinski definition) is 1. The number of nitrogens with one attached hydrogen (secondary N) is 1. The summed E-state index contributed by atoms with van der Waals surface area (Å²) in [6, 6.07) is 12.7. The lowest BCUT2D eigenvalue weighted by Gasteiger charge is -2.15. The van der Waals surface area contributed by atoms with Gasteiger partial charge in [-0.25, -0.2) is 17.5 Å². The van der Waals surface area contributed by atoms with E-state index in [9.17, 15) is 18.0 Å². The smallest absolute Gasteiger partial charge is 0.338 e. The molecule has 0 fully saturated rings. The van der Waals surface area contributed by atoms with Crippen LogP contribution in [0.2, 0.25) is 0 Å². The Hall–Kier alpha value is -2.71. The highest BCUT2D eigenvalue weighted by molar-refractivity contribution is 7.89. The maximum atomic E-state index is 12.3. The molecule has 0 bridgehead atoms. The minimum atomic E-state index is -3.68. The average molecular weight is 390 g/mol. The molecule has 0 saturated carbocycles. The third kappa shape index (κ3) is 5.15. The third-order valence-corrected chi connectivity index (χ3v) is 5.63. The molecule has 0 saturated heterocycles. The van der Waals surface area contributed by atoms with E-state index in [0.29, 0.717) is 5.69 Å². The van der Waals surface area contributed by atoms with E-state index in [1.54, 1.807) is 12.1 Å². The number of benzene rings is 2. The Labute approximate surface area is 159 Å². The van der Waals surface area contributed by atoms with Crippen LogP contribution in [0.3, 0.4) is 0 Å². The quantitative estimate of drug-likeness (QED) is 0.765. The molecule has 1 atom stereocenters. The molecule has 2 aromatic rings. The van der Waals surface area contributed by atoms with Gasteiger partial charge < -0.3 is 10.1 Å². The molecule has 0 radical (unpaired) electrons. The highest BCUT2D eigenvalue weighted by Gasteiger charge is 2.22. The van der Waals surface area contributed by atoms with Crippen molar-refractivity contribution in [3.05, 3.63) is 59.7 Å². The van der Waals surface area contributed by atoms with Crippen molar-refractivity contribution >= 4 is 27.6 Å². The Morgan fingerprint density at radius 3 is 2.30 bits per heavy atom. The standard InChI is InChI=1S/C19H22N2O5S/c1-13-8-10-16(11-9-13)20-18(22)14(2)26-19(23)15-6-5-7-17(12-15)27(24,25)21(3)4/h5-12,14H,1-4H3,(H,20,22)/t14-/m1/s1. The first-order valence-electron chi connectivity index (χ1n) is 8.22. The van der Waals surface area contributed by atoms with Crippen LogP contribution < -0.4 is 5.32 Å². The zero-order valence-corrected chi connectivity index (χ0v) is 16.4. The Kier molecular flexibility index (Phi) is 6.35. The maximum Gasteiger partial charge on any atom is 0.338 e. The summed E-state index contributed by atoms with van der Waals surface area (Å²) < 4.78 is 30.6. The normalized spacial score (nSPS) is 12.5. The van der Waals surface area contributed by atoms with Gasteiger partial charge >= 0.3 is 5.97 Å². The number of aryl methyl sites for hydroxylation is 1. The number of carbonyl (C=O) groups excluding carboxylic acids is 2. The predicted molar refractivity (Wildman–Crippen MR) is 102 cm³/mol. The first-order chi connectivity index (χ1) is 12.6. The van der Waals surface area contributed by atoms with Crippen molar-refractivity contribution in [3.8, 4) is 0 Å². The SMILES string of the molecule is Cc1ccc(NC(=O)[C@@H](C)OC(=O)c2cccc(S(=O)(=O)N(C)C)c2)cc1. The summed E-state index contributed by atoms with van der Waals surface area (Å²) in [7, 11) is -0.874. The van der Waals surface area contributed by atoms with E-state index in [2.05, 4.69) is 5.32 Å². The maximum absolute atomic E-state index is 12.3. The van der Waals surface area contributed by atoms with Crippen molar-refractivity contribution in [2.75, 3.05) is 19.4 Å². The summed E-state index contributed by atoms with van der Waals surface area (Å²) in [6.45, 7) is 3.38. The third-order valence-electron chi connectivity index (χ3n) is 3.82. The van der Waals surface area contributed by atoms with Crippen LogP contribution in [0.15, 0.2) is 53.4 Å². The molecule has 1 amide bonds. The highest BCUT2D eigenvalue weighted by atomic mass is 32.2. The van der Waals surface area contributed by atoms with E-state index in [-0.39, 0.29) is 10.5 Å². The van der Waals surface area contributed by atoms with Crippen LogP contribution in [0.5, 0.6) is 0 Å². The average Bonchev–Trinajstić information content (AvgIpc) is 2.63. The highest BCUT2D eigenvalue weighted by Crippen LogP contribution is 2.16. The number of anilines is 1. The molecule has 0 spiro atoms. The van der Waals surface area contributed by atoms with Crippen LogP contribution in [0.25, 0.3) is 0 Å². The number of amides is 1. The number of rotatable bonds is 6. The van der Waals surface area contributed by atoms with E-state index >= 15 is 0 Å². The molecular weight excluding hydrogens is 368 g/mol. The first kappa shape index (κ1) is 20.6. The lowest BCUT2D eigenvalue weighted by atomic mass is 10.2. The fraction of sp³-hybridized carbons (Fsp3) is 0.263. The minimum absolute atomic E-state index is 0.0290. The molecular formula is C19H22N2O5S. The van der Waals surface area contributed by atoms with Gasteiger partial charge in [0, 0.05) is 19.8 Å². The van der Waals surface area contributed by atoms with E-state index in [0.717, 1.165) is 9.87 Å². The Morgan fingerprint density at radius 2 is 1.70 bits per heavy atom. The van der Waals surface area contributed by atoms with E-state index in [1.165, 1.54) is 45.3 Å². The van der Waals surface area contributed by atoms with Crippen LogP contribution >= 0.6 is 0 Å². The molecule has 1 N–H and O–H groups in total. The molecule has 2 aromatic carbocycles. The zero-order valence-electron chi connectivity index (χ0n) is 15.6.